The van der Waals surface area contributed by atoms with Crippen LogP contribution in [0.2, 0.25) is 0 Å². The molecule has 2 aromatic carbocycles. The fourth-order valence-corrected chi connectivity index (χ4v) is 6.95. The molecule has 220 valence electrons. The minimum Gasteiger partial charge on any atom is -0.493 e. The van der Waals surface area contributed by atoms with E-state index in [-0.39, 0.29) is 12.5 Å². The molecule has 2 aliphatic rings. The number of fused-ring (bicyclic) bond motifs is 1. The molecule has 1 saturated heterocycles. The first kappa shape index (κ1) is 29.2. The first-order valence-corrected chi connectivity index (χ1v) is 15.4. The molecule has 0 N–H and O–H groups in total. The zero-order valence-corrected chi connectivity index (χ0v) is 24.8. The summed E-state index contributed by atoms with van der Waals surface area (Å²) < 4.78 is 18.3. The van der Waals surface area contributed by atoms with Crippen LogP contribution < -0.4 is 9.47 Å². The Hall–Kier alpha value is -3.32. The number of benzene rings is 2. The van der Waals surface area contributed by atoms with Gasteiger partial charge in [0.05, 0.1) is 26.3 Å². The van der Waals surface area contributed by atoms with Crippen molar-refractivity contribution in [2.75, 3.05) is 33.9 Å². The monoisotopic (exact) mass is 560 g/mol. The molecular formula is C34H44N2O5. The lowest BCUT2D eigenvalue weighted by molar-refractivity contribution is 0.0508. The van der Waals surface area contributed by atoms with Crippen molar-refractivity contribution in [3.05, 3.63) is 59.3 Å². The number of likely N-dealkylation sites (tertiary alicyclic amines) is 1. The first-order valence-electron chi connectivity index (χ1n) is 15.4. The number of methoxy groups -OCH3 is 2. The van der Waals surface area contributed by atoms with Gasteiger partial charge in [-0.3, -0.25) is 9.36 Å². The van der Waals surface area contributed by atoms with E-state index in [0.29, 0.717) is 40.7 Å². The summed E-state index contributed by atoms with van der Waals surface area (Å²) in [6.45, 7) is 3.92. The Kier molecular flexibility index (Phi) is 9.65. The third kappa shape index (κ3) is 6.30. The number of carbonyl (C=O) groups excluding carboxylic acids is 2. The topological polar surface area (TPSA) is 70.0 Å². The zero-order chi connectivity index (χ0) is 28.8. The van der Waals surface area contributed by atoms with Gasteiger partial charge in [0.1, 0.15) is 5.69 Å². The highest BCUT2D eigenvalue weighted by molar-refractivity contribution is 6.10. The summed E-state index contributed by atoms with van der Waals surface area (Å²) in [6.07, 6.45) is 12.4. The maximum atomic E-state index is 14.0. The number of hydrogen-bond acceptors (Lipinski definition) is 6. The van der Waals surface area contributed by atoms with Crippen LogP contribution in [0, 0.1) is 5.92 Å². The van der Waals surface area contributed by atoms with Crippen LogP contribution in [0.25, 0.3) is 10.9 Å². The molecule has 1 aliphatic carbocycles. The van der Waals surface area contributed by atoms with Crippen LogP contribution >= 0.6 is 0 Å². The summed E-state index contributed by atoms with van der Waals surface area (Å²) in [6, 6.07) is 13.3. The second-order valence-corrected chi connectivity index (χ2v) is 11.5. The fraction of sp³-hybridized carbons (Fsp3) is 0.529. The largest absolute Gasteiger partial charge is 0.493 e. The van der Waals surface area contributed by atoms with Gasteiger partial charge in [-0.25, -0.2) is 4.79 Å². The van der Waals surface area contributed by atoms with Crippen LogP contribution in [0.1, 0.15) is 91.1 Å². The van der Waals surface area contributed by atoms with E-state index in [1.54, 1.807) is 39.3 Å². The van der Waals surface area contributed by atoms with E-state index in [0.717, 1.165) is 30.0 Å². The Bertz CT molecular complexity index is 1340. The van der Waals surface area contributed by atoms with Gasteiger partial charge in [-0.2, -0.15) is 0 Å². The molecule has 1 aliphatic heterocycles. The van der Waals surface area contributed by atoms with Gasteiger partial charge in [-0.05, 0) is 68.8 Å². The van der Waals surface area contributed by atoms with E-state index >= 15 is 0 Å². The van der Waals surface area contributed by atoms with Crippen molar-refractivity contribution < 1.29 is 23.8 Å². The van der Waals surface area contributed by atoms with Gasteiger partial charge in [0, 0.05) is 29.6 Å². The van der Waals surface area contributed by atoms with Gasteiger partial charge in [0.15, 0.2) is 11.5 Å². The van der Waals surface area contributed by atoms with Crippen molar-refractivity contribution in [3.63, 3.8) is 0 Å². The summed E-state index contributed by atoms with van der Waals surface area (Å²) in [5.74, 6) is 1.13. The quantitative estimate of drug-likeness (QED) is 0.252. The highest BCUT2D eigenvalue weighted by Crippen LogP contribution is 2.38. The highest BCUT2D eigenvalue weighted by atomic mass is 16.5. The van der Waals surface area contributed by atoms with Crippen LogP contribution in [0.5, 0.6) is 11.5 Å². The molecule has 0 radical (unpaired) electrons. The third-order valence-corrected chi connectivity index (χ3v) is 9.00. The number of nitrogens with zero attached hydrogens (tertiary/aromatic N) is 2. The lowest BCUT2D eigenvalue weighted by Gasteiger charge is -2.38. The van der Waals surface area contributed by atoms with Crippen molar-refractivity contribution in [2.45, 2.75) is 77.2 Å². The molecule has 5 rings (SSSR count). The van der Waals surface area contributed by atoms with Crippen molar-refractivity contribution in [3.8, 4) is 11.5 Å². The second kappa shape index (κ2) is 13.6. The minimum atomic E-state index is -0.488. The summed E-state index contributed by atoms with van der Waals surface area (Å²) in [5.41, 5.74) is 2.24. The van der Waals surface area contributed by atoms with E-state index in [9.17, 15) is 9.59 Å². The molecule has 0 bridgehead atoms. The number of aromatic nitrogens is 1. The van der Waals surface area contributed by atoms with Crippen LogP contribution in [-0.4, -0.2) is 61.3 Å². The lowest BCUT2D eigenvalue weighted by atomic mass is 9.82. The molecule has 1 saturated carbocycles. The molecule has 1 unspecified atom stereocenters. The molecule has 7 nitrogen and oxygen atoms in total. The third-order valence-electron chi connectivity index (χ3n) is 9.00. The molecule has 0 spiro atoms. The Labute approximate surface area is 243 Å². The average molecular weight is 561 g/mol. The van der Waals surface area contributed by atoms with E-state index in [4.69, 9.17) is 14.2 Å². The summed E-state index contributed by atoms with van der Waals surface area (Å²) in [7, 11) is 3.18. The number of esters is 1. The predicted molar refractivity (Wildman–Crippen MR) is 161 cm³/mol. The molecule has 1 atom stereocenters. The van der Waals surface area contributed by atoms with Crippen molar-refractivity contribution >= 4 is 22.8 Å². The Morgan fingerprint density at radius 2 is 1.61 bits per heavy atom. The minimum absolute atomic E-state index is 0.224. The normalized spacial score (nSPS) is 18.4. The Morgan fingerprint density at radius 1 is 0.902 bits per heavy atom. The average Bonchev–Trinajstić information content (AvgIpc) is 3.33. The van der Waals surface area contributed by atoms with Crippen molar-refractivity contribution in [1.29, 1.82) is 0 Å². The summed E-state index contributed by atoms with van der Waals surface area (Å²) in [4.78, 5) is 30.3. The van der Waals surface area contributed by atoms with Gasteiger partial charge in [-0.15, -0.1) is 0 Å². The molecule has 0 amide bonds. The van der Waals surface area contributed by atoms with Gasteiger partial charge < -0.3 is 19.1 Å². The Morgan fingerprint density at radius 3 is 2.32 bits per heavy atom. The van der Waals surface area contributed by atoms with Gasteiger partial charge in [-0.1, -0.05) is 56.7 Å². The number of ether oxygens (including phenoxy) is 3. The predicted octanol–water partition coefficient (Wildman–Crippen LogP) is 6.89. The number of hydrogen-bond donors (Lipinski definition) is 0. The smallest absolute Gasteiger partial charge is 0.355 e. The molecule has 41 heavy (non-hydrogen) atoms. The fourth-order valence-electron chi connectivity index (χ4n) is 6.95. The van der Waals surface area contributed by atoms with Crippen LogP contribution in [0.4, 0.5) is 0 Å². The molecular weight excluding hydrogens is 516 g/mol. The molecule has 1 aromatic heterocycles. The number of piperidine rings is 1. The SMILES string of the molecule is CCOC(=O)c1c(CCN2CCCCC2CC2CCCCC2)c2cc(OC)c(OC)cc2n1C(=O)c1ccccc1. The second-order valence-electron chi connectivity index (χ2n) is 11.5. The van der Waals surface area contributed by atoms with Crippen LogP contribution in [-0.2, 0) is 11.2 Å². The molecule has 2 fully saturated rings. The summed E-state index contributed by atoms with van der Waals surface area (Å²) >= 11 is 0. The number of rotatable bonds is 10. The standard InChI is InChI=1S/C34H44N2O5/c1-4-41-34(38)32-27(18-20-35-19-12-11-17-26(35)21-24-13-7-5-8-14-24)28-22-30(39-2)31(40-3)23-29(28)36(32)33(37)25-15-9-6-10-16-25/h6,9-10,15-16,22-24,26H,4-5,7-8,11-14,17-21H2,1-3H3. The van der Waals surface area contributed by atoms with Crippen LogP contribution in [0.3, 0.4) is 0 Å². The van der Waals surface area contributed by atoms with Gasteiger partial charge in [0.2, 0.25) is 0 Å². The number of carbonyl (C=O) groups is 2. The van der Waals surface area contributed by atoms with Crippen molar-refractivity contribution in [1.82, 2.24) is 9.47 Å². The molecule has 2 heterocycles. The van der Waals surface area contributed by atoms with E-state index in [1.165, 1.54) is 62.4 Å². The Balaban J connectivity index is 1.57. The van der Waals surface area contributed by atoms with E-state index in [2.05, 4.69) is 4.90 Å². The van der Waals surface area contributed by atoms with Crippen molar-refractivity contribution in [2.24, 2.45) is 5.92 Å². The first-order chi connectivity index (χ1) is 20.0. The van der Waals surface area contributed by atoms with E-state index < -0.39 is 5.97 Å². The van der Waals surface area contributed by atoms with E-state index in [1.807, 2.05) is 24.3 Å². The molecule has 7 heteroatoms. The zero-order valence-electron chi connectivity index (χ0n) is 24.8. The summed E-state index contributed by atoms with van der Waals surface area (Å²) in [5, 5.41) is 0.816. The maximum Gasteiger partial charge on any atom is 0.355 e. The maximum absolute atomic E-state index is 14.0. The lowest BCUT2D eigenvalue weighted by Crippen LogP contribution is -2.42. The van der Waals surface area contributed by atoms with Gasteiger partial charge in [0.25, 0.3) is 5.91 Å². The van der Waals surface area contributed by atoms with Gasteiger partial charge >= 0.3 is 5.97 Å². The highest BCUT2D eigenvalue weighted by Gasteiger charge is 2.31. The van der Waals surface area contributed by atoms with Crippen LogP contribution in [0.15, 0.2) is 42.5 Å². The molecule has 3 aromatic rings.